The molecular weight excluding hydrogens is 244 g/mol. The minimum atomic E-state index is -0.340. The quantitative estimate of drug-likeness (QED) is 0.622. The van der Waals surface area contributed by atoms with Crippen molar-refractivity contribution in [3.63, 3.8) is 0 Å². The first kappa shape index (κ1) is 13.8. The predicted octanol–water partition coefficient (Wildman–Crippen LogP) is 2.77. The molecule has 0 aromatic heterocycles. The lowest BCUT2D eigenvalue weighted by atomic mass is 10.1. The number of aryl methyl sites for hydroxylation is 1. The molecule has 0 radical (unpaired) electrons. The van der Waals surface area contributed by atoms with Crippen molar-refractivity contribution in [1.82, 2.24) is 0 Å². The van der Waals surface area contributed by atoms with Crippen molar-refractivity contribution in [1.29, 1.82) is 0 Å². The maximum atomic E-state index is 10.8. The number of nitro benzene ring substituents is 1. The van der Waals surface area contributed by atoms with Crippen LogP contribution in [-0.2, 0) is 11.2 Å². The van der Waals surface area contributed by atoms with Gasteiger partial charge in [0, 0.05) is 30.9 Å². The van der Waals surface area contributed by atoms with E-state index in [0.717, 1.165) is 30.8 Å². The Balaban J connectivity index is 2.30. The Bertz CT molecular complexity index is 466. The highest BCUT2D eigenvalue weighted by molar-refractivity contribution is 5.58. The molecule has 1 aromatic carbocycles. The second-order valence-electron chi connectivity index (χ2n) is 5.09. The number of hydrogen-bond acceptors (Lipinski definition) is 4. The minimum absolute atomic E-state index is 0.162. The average molecular weight is 264 g/mol. The summed E-state index contributed by atoms with van der Waals surface area (Å²) in [5.74, 6) is 0. The molecule has 0 unspecified atom stereocenters. The molecule has 19 heavy (non-hydrogen) atoms. The van der Waals surface area contributed by atoms with Crippen molar-refractivity contribution in [2.24, 2.45) is 0 Å². The Labute approximate surface area is 113 Å². The molecule has 1 fully saturated rings. The Morgan fingerprint density at radius 1 is 1.37 bits per heavy atom. The highest BCUT2D eigenvalue weighted by atomic mass is 16.6. The molecule has 1 heterocycles. The molecule has 5 nitrogen and oxygen atoms in total. The van der Waals surface area contributed by atoms with Crippen molar-refractivity contribution < 1.29 is 9.66 Å². The smallest absolute Gasteiger partial charge is 0.269 e. The van der Waals surface area contributed by atoms with Crippen LogP contribution in [0.25, 0.3) is 0 Å². The summed E-state index contributed by atoms with van der Waals surface area (Å²) in [6.07, 6.45) is 1.16. The number of morpholine rings is 1. The molecule has 1 aliphatic heterocycles. The molecule has 0 bridgehead atoms. The number of hydrogen-bond donors (Lipinski definition) is 0. The fraction of sp³-hybridized carbons (Fsp3) is 0.571. The van der Waals surface area contributed by atoms with Crippen LogP contribution >= 0.6 is 0 Å². The minimum Gasteiger partial charge on any atom is -0.372 e. The van der Waals surface area contributed by atoms with E-state index >= 15 is 0 Å². The normalized spacial score (nSPS) is 23.4. The molecule has 0 N–H and O–H groups in total. The summed E-state index contributed by atoms with van der Waals surface area (Å²) in [6.45, 7) is 7.79. The lowest BCUT2D eigenvalue weighted by Gasteiger charge is -2.37. The van der Waals surface area contributed by atoms with Gasteiger partial charge in [0.05, 0.1) is 17.1 Å². The third kappa shape index (κ3) is 3.04. The maximum Gasteiger partial charge on any atom is 0.269 e. The highest BCUT2D eigenvalue weighted by Crippen LogP contribution is 2.28. The van der Waals surface area contributed by atoms with Crippen LogP contribution in [0, 0.1) is 10.1 Å². The van der Waals surface area contributed by atoms with Gasteiger partial charge in [0.1, 0.15) is 0 Å². The third-order valence-electron chi connectivity index (χ3n) is 3.42. The fourth-order valence-electron chi connectivity index (χ4n) is 2.65. The van der Waals surface area contributed by atoms with Gasteiger partial charge in [-0.25, -0.2) is 0 Å². The number of benzene rings is 1. The van der Waals surface area contributed by atoms with Crippen molar-refractivity contribution in [2.45, 2.75) is 39.4 Å². The summed E-state index contributed by atoms with van der Waals surface area (Å²) < 4.78 is 5.72. The molecule has 1 saturated heterocycles. The summed E-state index contributed by atoms with van der Waals surface area (Å²) in [4.78, 5) is 12.8. The molecule has 104 valence electrons. The van der Waals surface area contributed by atoms with Crippen LogP contribution in [0.2, 0.25) is 0 Å². The van der Waals surface area contributed by atoms with Gasteiger partial charge >= 0.3 is 0 Å². The van der Waals surface area contributed by atoms with E-state index < -0.39 is 0 Å². The summed E-state index contributed by atoms with van der Waals surface area (Å²) in [6, 6.07) is 5.13. The first-order chi connectivity index (χ1) is 9.01. The van der Waals surface area contributed by atoms with E-state index in [-0.39, 0.29) is 22.8 Å². The third-order valence-corrected chi connectivity index (χ3v) is 3.42. The second-order valence-corrected chi connectivity index (χ2v) is 5.09. The van der Waals surface area contributed by atoms with Crippen LogP contribution in [0.15, 0.2) is 18.2 Å². The molecule has 1 aromatic rings. The van der Waals surface area contributed by atoms with Crippen LogP contribution in [-0.4, -0.2) is 30.2 Å². The van der Waals surface area contributed by atoms with Crippen LogP contribution < -0.4 is 4.90 Å². The van der Waals surface area contributed by atoms with Gasteiger partial charge in [0.2, 0.25) is 0 Å². The largest absolute Gasteiger partial charge is 0.372 e. The number of non-ortho nitro benzene ring substituents is 1. The molecule has 0 saturated carbocycles. The number of nitro groups is 1. The van der Waals surface area contributed by atoms with Gasteiger partial charge in [-0.05, 0) is 31.9 Å². The molecule has 5 heteroatoms. The summed E-state index contributed by atoms with van der Waals surface area (Å²) >= 11 is 0. The zero-order valence-electron chi connectivity index (χ0n) is 11.6. The number of nitrogens with zero attached hydrogens (tertiary/aromatic N) is 2. The van der Waals surface area contributed by atoms with E-state index in [2.05, 4.69) is 18.7 Å². The first-order valence-electron chi connectivity index (χ1n) is 6.69. The van der Waals surface area contributed by atoms with Gasteiger partial charge in [0.25, 0.3) is 5.69 Å². The van der Waals surface area contributed by atoms with Crippen LogP contribution in [0.4, 0.5) is 11.4 Å². The molecule has 2 atom stereocenters. The first-order valence-corrected chi connectivity index (χ1v) is 6.69. The molecule has 0 amide bonds. The summed E-state index contributed by atoms with van der Waals surface area (Å²) in [7, 11) is 0. The van der Waals surface area contributed by atoms with Crippen molar-refractivity contribution in [2.75, 3.05) is 18.0 Å². The van der Waals surface area contributed by atoms with Crippen LogP contribution in [0.1, 0.15) is 26.3 Å². The maximum absolute atomic E-state index is 10.8. The van der Waals surface area contributed by atoms with E-state index in [1.807, 2.05) is 13.0 Å². The number of anilines is 1. The van der Waals surface area contributed by atoms with Gasteiger partial charge in [0.15, 0.2) is 0 Å². The van der Waals surface area contributed by atoms with Gasteiger partial charge in [-0.2, -0.15) is 0 Å². The zero-order valence-corrected chi connectivity index (χ0v) is 11.6. The molecular formula is C14H20N2O3. The average Bonchev–Trinajstić information content (AvgIpc) is 2.36. The highest BCUT2D eigenvalue weighted by Gasteiger charge is 2.24. The molecule has 2 rings (SSSR count). The van der Waals surface area contributed by atoms with Crippen LogP contribution in [0.3, 0.4) is 0 Å². The Morgan fingerprint density at radius 3 is 2.53 bits per heavy atom. The number of ether oxygens (including phenoxy) is 1. The van der Waals surface area contributed by atoms with Gasteiger partial charge in [-0.15, -0.1) is 0 Å². The SMILES string of the molecule is CCc1cc([N+](=O)[O-])ccc1N1C[C@@H](C)O[C@@H](C)C1. The summed E-state index contributed by atoms with van der Waals surface area (Å²) in [5, 5.41) is 10.8. The van der Waals surface area contributed by atoms with E-state index in [9.17, 15) is 10.1 Å². The molecule has 1 aliphatic rings. The van der Waals surface area contributed by atoms with Crippen molar-refractivity contribution in [3.8, 4) is 0 Å². The monoisotopic (exact) mass is 264 g/mol. The van der Waals surface area contributed by atoms with E-state index in [0.29, 0.717) is 0 Å². The van der Waals surface area contributed by atoms with E-state index in [1.165, 1.54) is 0 Å². The van der Waals surface area contributed by atoms with Gasteiger partial charge in [-0.3, -0.25) is 10.1 Å². The van der Waals surface area contributed by atoms with Crippen LogP contribution in [0.5, 0.6) is 0 Å². The zero-order chi connectivity index (χ0) is 14.0. The molecule has 0 aliphatic carbocycles. The lowest BCUT2D eigenvalue weighted by molar-refractivity contribution is -0.384. The van der Waals surface area contributed by atoms with E-state index in [1.54, 1.807) is 12.1 Å². The Hall–Kier alpha value is -1.62. The van der Waals surface area contributed by atoms with Crippen molar-refractivity contribution >= 4 is 11.4 Å². The standard InChI is InChI=1S/C14H20N2O3/c1-4-12-7-13(16(17)18)5-6-14(12)15-8-10(2)19-11(3)9-15/h5-7,10-11H,4,8-9H2,1-3H3/t10-,11+. The second kappa shape index (κ2) is 5.57. The van der Waals surface area contributed by atoms with E-state index in [4.69, 9.17) is 4.74 Å². The Morgan fingerprint density at radius 2 is 2.00 bits per heavy atom. The van der Waals surface area contributed by atoms with Crippen molar-refractivity contribution in [3.05, 3.63) is 33.9 Å². The number of rotatable bonds is 3. The van der Waals surface area contributed by atoms with Gasteiger partial charge < -0.3 is 9.64 Å². The molecule has 0 spiro atoms. The lowest BCUT2D eigenvalue weighted by Crippen LogP contribution is -2.45. The fourth-order valence-corrected chi connectivity index (χ4v) is 2.65. The predicted molar refractivity (Wildman–Crippen MR) is 74.7 cm³/mol. The summed E-state index contributed by atoms with van der Waals surface area (Å²) in [5.41, 5.74) is 2.28. The topological polar surface area (TPSA) is 55.6 Å². The Kier molecular flexibility index (Phi) is 4.04. The van der Waals surface area contributed by atoms with Gasteiger partial charge in [-0.1, -0.05) is 6.92 Å².